The van der Waals surface area contributed by atoms with Crippen LogP contribution in [0.25, 0.3) is 0 Å². The third kappa shape index (κ3) is 5.00. The van der Waals surface area contributed by atoms with E-state index >= 15 is 0 Å². The summed E-state index contributed by atoms with van der Waals surface area (Å²) in [6, 6.07) is 14.2. The zero-order valence-corrected chi connectivity index (χ0v) is 13.6. The predicted molar refractivity (Wildman–Crippen MR) is 90.3 cm³/mol. The lowest BCUT2D eigenvalue weighted by Gasteiger charge is -2.12. The van der Waals surface area contributed by atoms with Crippen LogP contribution in [-0.2, 0) is 4.79 Å². The number of para-hydroxylation sites is 1. The number of halogens is 1. The molecule has 0 aliphatic heterocycles. The van der Waals surface area contributed by atoms with Crippen molar-refractivity contribution in [3.8, 4) is 11.5 Å². The first-order valence-corrected chi connectivity index (χ1v) is 7.36. The monoisotopic (exact) mass is 332 g/mol. The fraction of sp³-hybridized carbons (Fsp3) is 0.176. The van der Waals surface area contributed by atoms with Gasteiger partial charge in [0.2, 0.25) is 0 Å². The molecule has 0 aromatic heterocycles. The van der Waals surface area contributed by atoms with Gasteiger partial charge in [-0.3, -0.25) is 4.79 Å². The fourth-order valence-electron chi connectivity index (χ4n) is 1.80. The van der Waals surface area contributed by atoms with Crippen LogP contribution in [0.5, 0.6) is 11.5 Å². The predicted octanol–water partition coefficient (Wildman–Crippen LogP) is 3.27. The number of benzene rings is 2. The molecule has 2 aromatic carbocycles. The Morgan fingerprint density at radius 3 is 2.61 bits per heavy atom. The van der Waals surface area contributed by atoms with E-state index < -0.39 is 6.10 Å². The Bertz CT molecular complexity index is 686. The van der Waals surface area contributed by atoms with Crippen LogP contribution in [0.15, 0.2) is 53.6 Å². The van der Waals surface area contributed by atoms with Crippen molar-refractivity contribution in [1.29, 1.82) is 0 Å². The maximum atomic E-state index is 12.0. The molecule has 1 amide bonds. The average molecular weight is 333 g/mol. The number of hydrazone groups is 1. The van der Waals surface area contributed by atoms with E-state index in [2.05, 4.69) is 10.5 Å². The fourth-order valence-corrected chi connectivity index (χ4v) is 1.93. The van der Waals surface area contributed by atoms with E-state index in [1.165, 1.54) is 6.21 Å². The summed E-state index contributed by atoms with van der Waals surface area (Å²) in [5, 5.41) is 4.53. The molecule has 120 valence electrons. The minimum absolute atomic E-state index is 0.355. The standard InChI is InChI=1S/C17H17ClN2O3/c1-12(23-15-9-7-14(18)8-10-15)17(21)20-19-11-13-5-3-4-6-16(13)22-2/h3-12H,1-2H3,(H,20,21)/b19-11-. The number of hydrogen-bond acceptors (Lipinski definition) is 4. The second-order valence-electron chi connectivity index (χ2n) is 4.69. The van der Waals surface area contributed by atoms with Gasteiger partial charge in [-0.05, 0) is 43.3 Å². The summed E-state index contributed by atoms with van der Waals surface area (Å²) in [5.41, 5.74) is 3.20. The van der Waals surface area contributed by atoms with Gasteiger partial charge in [-0.1, -0.05) is 23.7 Å². The molecule has 2 rings (SSSR count). The molecule has 0 heterocycles. The van der Waals surface area contributed by atoms with Crippen LogP contribution in [0.2, 0.25) is 5.02 Å². The van der Waals surface area contributed by atoms with Gasteiger partial charge in [0.25, 0.3) is 5.91 Å². The summed E-state index contributed by atoms with van der Waals surface area (Å²) < 4.78 is 10.7. The number of hydrogen-bond donors (Lipinski definition) is 1. The van der Waals surface area contributed by atoms with Crippen LogP contribution < -0.4 is 14.9 Å². The highest BCUT2D eigenvalue weighted by molar-refractivity contribution is 6.30. The molecule has 0 saturated carbocycles. The van der Waals surface area contributed by atoms with Crippen LogP contribution in [0.4, 0.5) is 0 Å². The molecule has 2 aromatic rings. The summed E-state index contributed by atoms with van der Waals surface area (Å²) in [5.74, 6) is 0.882. The van der Waals surface area contributed by atoms with E-state index in [1.54, 1.807) is 38.3 Å². The van der Waals surface area contributed by atoms with E-state index in [4.69, 9.17) is 21.1 Å². The molecule has 0 spiro atoms. The molecule has 1 unspecified atom stereocenters. The largest absolute Gasteiger partial charge is 0.496 e. The van der Waals surface area contributed by atoms with Crippen LogP contribution >= 0.6 is 11.6 Å². The number of rotatable bonds is 6. The van der Waals surface area contributed by atoms with Gasteiger partial charge in [0.15, 0.2) is 6.10 Å². The van der Waals surface area contributed by atoms with Gasteiger partial charge >= 0.3 is 0 Å². The van der Waals surface area contributed by atoms with Crippen LogP contribution in [0.3, 0.4) is 0 Å². The number of nitrogens with one attached hydrogen (secondary N) is 1. The van der Waals surface area contributed by atoms with E-state index in [9.17, 15) is 4.79 Å². The smallest absolute Gasteiger partial charge is 0.280 e. The third-order valence-corrected chi connectivity index (χ3v) is 3.27. The number of methoxy groups -OCH3 is 1. The molecule has 6 heteroatoms. The molecule has 0 bridgehead atoms. The SMILES string of the molecule is COc1ccccc1/C=N\NC(=O)C(C)Oc1ccc(Cl)cc1. The molecule has 5 nitrogen and oxygen atoms in total. The summed E-state index contributed by atoms with van der Waals surface area (Å²) in [7, 11) is 1.58. The Labute approximate surface area is 139 Å². The molecule has 1 atom stereocenters. The van der Waals surface area contributed by atoms with E-state index in [0.29, 0.717) is 16.5 Å². The van der Waals surface area contributed by atoms with E-state index in [-0.39, 0.29) is 5.91 Å². The van der Waals surface area contributed by atoms with Crippen molar-refractivity contribution in [3.05, 3.63) is 59.1 Å². The molecule has 0 aliphatic rings. The highest BCUT2D eigenvalue weighted by atomic mass is 35.5. The normalized spacial score (nSPS) is 12.0. The Hall–Kier alpha value is -2.53. The van der Waals surface area contributed by atoms with Crippen molar-refractivity contribution in [2.24, 2.45) is 5.10 Å². The Morgan fingerprint density at radius 1 is 1.22 bits per heavy atom. The lowest BCUT2D eigenvalue weighted by Crippen LogP contribution is -2.33. The molecular weight excluding hydrogens is 316 g/mol. The summed E-state index contributed by atoms with van der Waals surface area (Å²) in [6.45, 7) is 1.64. The maximum absolute atomic E-state index is 12.0. The number of ether oxygens (including phenoxy) is 2. The van der Waals surface area contributed by atoms with E-state index in [1.807, 2.05) is 24.3 Å². The molecule has 0 saturated heterocycles. The summed E-state index contributed by atoms with van der Waals surface area (Å²) in [6.07, 6.45) is 0.831. The second kappa shape index (κ2) is 8.19. The van der Waals surface area contributed by atoms with Crippen LogP contribution in [-0.4, -0.2) is 25.3 Å². The van der Waals surface area contributed by atoms with Gasteiger partial charge in [-0.15, -0.1) is 0 Å². The molecule has 0 radical (unpaired) electrons. The maximum Gasteiger partial charge on any atom is 0.280 e. The third-order valence-electron chi connectivity index (χ3n) is 3.01. The van der Waals surface area contributed by atoms with Crippen LogP contribution in [0.1, 0.15) is 12.5 Å². The number of amides is 1. The quantitative estimate of drug-likeness (QED) is 0.652. The van der Waals surface area contributed by atoms with Crippen LogP contribution in [0, 0.1) is 0 Å². The van der Waals surface area contributed by atoms with Gasteiger partial charge in [0.1, 0.15) is 11.5 Å². The first-order valence-electron chi connectivity index (χ1n) is 6.98. The van der Waals surface area contributed by atoms with Crippen molar-refractivity contribution >= 4 is 23.7 Å². The minimum atomic E-state index is -0.689. The van der Waals surface area contributed by atoms with Crippen molar-refractivity contribution in [1.82, 2.24) is 5.43 Å². The highest BCUT2D eigenvalue weighted by Crippen LogP contribution is 2.17. The average Bonchev–Trinajstić information content (AvgIpc) is 2.57. The summed E-state index contributed by atoms with van der Waals surface area (Å²) in [4.78, 5) is 12.0. The molecule has 23 heavy (non-hydrogen) atoms. The number of nitrogens with zero attached hydrogens (tertiary/aromatic N) is 1. The number of carbonyl (C=O) groups is 1. The van der Waals surface area contributed by atoms with Gasteiger partial charge in [0, 0.05) is 10.6 Å². The highest BCUT2D eigenvalue weighted by Gasteiger charge is 2.13. The Kier molecular flexibility index (Phi) is 6.00. The van der Waals surface area contributed by atoms with Gasteiger partial charge in [0.05, 0.1) is 13.3 Å². The molecule has 0 fully saturated rings. The van der Waals surface area contributed by atoms with Gasteiger partial charge < -0.3 is 9.47 Å². The molecule has 0 aliphatic carbocycles. The molecule has 1 N–H and O–H groups in total. The Balaban J connectivity index is 1.90. The van der Waals surface area contributed by atoms with Crippen molar-refractivity contribution in [2.45, 2.75) is 13.0 Å². The lowest BCUT2D eigenvalue weighted by molar-refractivity contribution is -0.127. The Morgan fingerprint density at radius 2 is 1.91 bits per heavy atom. The van der Waals surface area contributed by atoms with Crippen molar-refractivity contribution < 1.29 is 14.3 Å². The van der Waals surface area contributed by atoms with Crippen molar-refractivity contribution in [3.63, 3.8) is 0 Å². The van der Waals surface area contributed by atoms with Crippen molar-refractivity contribution in [2.75, 3.05) is 7.11 Å². The van der Waals surface area contributed by atoms with Gasteiger partial charge in [-0.2, -0.15) is 5.10 Å². The summed E-state index contributed by atoms with van der Waals surface area (Å²) >= 11 is 5.80. The zero-order chi connectivity index (χ0) is 16.7. The lowest BCUT2D eigenvalue weighted by atomic mass is 10.2. The van der Waals surface area contributed by atoms with E-state index in [0.717, 1.165) is 5.56 Å². The number of carbonyl (C=O) groups excluding carboxylic acids is 1. The topological polar surface area (TPSA) is 59.9 Å². The first-order chi connectivity index (χ1) is 11.1. The van der Waals surface area contributed by atoms with Gasteiger partial charge in [-0.25, -0.2) is 5.43 Å². The minimum Gasteiger partial charge on any atom is -0.496 e. The zero-order valence-electron chi connectivity index (χ0n) is 12.8. The molecular formula is C17H17ClN2O3. The first kappa shape index (κ1) is 16.8. The second-order valence-corrected chi connectivity index (χ2v) is 5.13.